The molecule has 1 aromatic rings. The van der Waals surface area contributed by atoms with Crippen LogP contribution >= 0.6 is 0 Å². The molecule has 22 heavy (non-hydrogen) atoms. The van der Waals surface area contributed by atoms with Gasteiger partial charge >= 0.3 is 5.69 Å². The van der Waals surface area contributed by atoms with Gasteiger partial charge in [-0.05, 0) is 6.07 Å². The highest BCUT2D eigenvalue weighted by molar-refractivity contribution is 5.24. The van der Waals surface area contributed by atoms with E-state index in [1.165, 1.54) is 24.8 Å². The van der Waals surface area contributed by atoms with Crippen LogP contribution in [0.15, 0.2) is 29.6 Å². The van der Waals surface area contributed by atoms with Crippen LogP contribution in [0.4, 0.5) is 5.82 Å². The molecule has 2 aliphatic rings. The molecule has 0 amide bonds. The third-order valence-electron chi connectivity index (χ3n) is 3.65. The monoisotopic (exact) mass is 313 g/mol. The van der Waals surface area contributed by atoms with Crippen molar-refractivity contribution >= 4 is 5.82 Å². The molecule has 1 aromatic heterocycles. The standard InChI is InChI=1S/C12H15N3O7/c13-7-1-2-15(11(19)14-7)12(10-20-3-4-21-10)9(18)8(17)6(5-16)22-12/h1-4,6,8-10,16-18H,5H2,(H2,13,14,19)/t6-,8-,9-,12+/m1/s1. The van der Waals surface area contributed by atoms with Crippen molar-refractivity contribution in [3.63, 3.8) is 0 Å². The number of rotatable bonds is 3. The van der Waals surface area contributed by atoms with Gasteiger partial charge in [0.15, 0.2) is 0 Å². The largest absolute Gasteiger partial charge is 0.455 e. The molecule has 0 saturated carbocycles. The lowest BCUT2D eigenvalue weighted by Gasteiger charge is -2.36. The lowest BCUT2D eigenvalue weighted by molar-refractivity contribution is -0.264. The van der Waals surface area contributed by atoms with E-state index in [2.05, 4.69) is 4.98 Å². The Bertz CT molecular complexity index is 640. The van der Waals surface area contributed by atoms with E-state index in [1.54, 1.807) is 0 Å². The number of aliphatic hydroxyl groups is 3. The van der Waals surface area contributed by atoms with Crippen LogP contribution in [-0.4, -0.2) is 56.1 Å². The molecule has 10 heteroatoms. The predicted molar refractivity (Wildman–Crippen MR) is 70.0 cm³/mol. The summed E-state index contributed by atoms with van der Waals surface area (Å²) in [4.78, 5) is 15.7. The van der Waals surface area contributed by atoms with Crippen LogP contribution in [0.1, 0.15) is 0 Å². The fraction of sp³-hybridized carbons (Fsp3) is 0.500. The molecule has 5 N–H and O–H groups in total. The summed E-state index contributed by atoms with van der Waals surface area (Å²) in [5.41, 5.74) is 2.69. The summed E-state index contributed by atoms with van der Waals surface area (Å²) in [7, 11) is 0. The third-order valence-corrected chi connectivity index (χ3v) is 3.65. The maximum atomic E-state index is 12.1. The Labute approximate surface area is 124 Å². The number of aliphatic hydroxyl groups excluding tert-OH is 3. The molecule has 0 spiro atoms. The van der Waals surface area contributed by atoms with Crippen molar-refractivity contribution in [2.75, 3.05) is 12.3 Å². The first-order chi connectivity index (χ1) is 10.5. The topological polar surface area (TPSA) is 149 Å². The summed E-state index contributed by atoms with van der Waals surface area (Å²) < 4.78 is 16.9. The number of hydrogen-bond acceptors (Lipinski definition) is 9. The second kappa shape index (κ2) is 5.25. The lowest BCUT2D eigenvalue weighted by atomic mass is 10.0. The number of aromatic nitrogens is 2. The molecule has 0 aliphatic carbocycles. The molecule has 0 radical (unpaired) electrons. The fourth-order valence-electron chi connectivity index (χ4n) is 2.60. The Morgan fingerprint density at radius 3 is 2.59 bits per heavy atom. The summed E-state index contributed by atoms with van der Waals surface area (Å²) in [6.45, 7) is -0.572. The number of ether oxygens (including phenoxy) is 3. The Kier molecular flexibility index (Phi) is 3.53. The quantitative estimate of drug-likeness (QED) is 0.472. The zero-order chi connectivity index (χ0) is 15.9. The number of hydrogen-bond donors (Lipinski definition) is 4. The minimum atomic E-state index is -1.92. The van der Waals surface area contributed by atoms with Crippen LogP contribution in [0.3, 0.4) is 0 Å². The van der Waals surface area contributed by atoms with Crippen molar-refractivity contribution in [2.45, 2.75) is 30.3 Å². The van der Waals surface area contributed by atoms with Crippen molar-refractivity contribution in [3.05, 3.63) is 35.3 Å². The van der Waals surface area contributed by atoms with Gasteiger partial charge in [-0.15, -0.1) is 0 Å². The Balaban J connectivity index is 2.14. The van der Waals surface area contributed by atoms with Gasteiger partial charge in [0.1, 0.15) is 36.7 Å². The van der Waals surface area contributed by atoms with Crippen molar-refractivity contribution < 1.29 is 29.5 Å². The average Bonchev–Trinajstić information content (AvgIpc) is 3.10. The van der Waals surface area contributed by atoms with Crippen LogP contribution in [0.25, 0.3) is 0 Å². The molecule has 3 heterocycles. The van der Waals surface area contributed by atoms with E-state index in [9.17, 15) is 20.1 Å². The van der Waals surface area contributed by atoms with E-state index in [-0.39, 0.29) is 5.82 Å². The second-order valence-electron chi connectivity index (χ2n) is 4.91. The van der Waals surface area contributed by atoms with Crippen LogP contribution in [-0.2, 0) is 19.9 Å². The molecule has 2 aliphatic heterocycles. The van der Waals surface area contributed by atoms with Gasteiger partial charge in [0.25, 0.3) is 12.0 Å². The summed E-state index contributed by atoms with van der Waals surface area (Å²) in [6, 6.07) is 1.32. The predicted octanol–water partition coefficient (Wildman–Crippen LogP) is -2.56. The molecule has 4 atom stereocenters. The zero-order valence-electron chi connectivity index (χ0n) is 11.3. The lowest BCUT2D eigenvalue weighted by Crippen LogP contribution is -2.58. The van der Waals surface area contributed by atoms with Crippen molar-refractivity contribution in [1.82, 2.24) is 9.55 Å². The first-order valence-corrected chi connectivity index (χ1v) is 6.47. The smallest absolute Gasteiger partial charge is 0.352 e. The first kappa shape index (κ1) is 14.8. The highest BCUT2D eigenvalue weighted by Crippen LogP contribution is 2.40. The summed E-state index contributed by atoms with van der Waals surface area (Å²) in [6.07, 6.45) is -1.80. The SMILES string of the molecule is Nc1ccn([C@]2(C3OC=CO3)O[C@H](CO)[C@@H](O)[C@H]2O)c(=O)n1. The third kappa shape index (κ3) is 1.96. The average molecular weight is 313 g/mol. The minimum absolute atomic E-state index is 0.0190. The summed E-state index contributed by atoms with van der Waals surface area (Å²) >= 11 is 0. The van der Waals surface area contributed by atoms with Crippen molar-refractivity contribution in [1.29, 1.82) is 0 Å². The zero-order valence-corrected chi connectivity index (χ0v) is 11.3. The molecule has 10 nitrogen and oxygen atoms in total. The van der Waals surface area contributed by atoms with Gasteiger partial charge in [-0.2, -0.15) is 4.98 Å². The highest BCUT2D eigenvalue weighted by Gasteiger charge is 2.63. The molecular weight excluding hydrogens is 298 g/mol. The van der Waals surface area contributed by atoms with E-state index in [0.717, 1.165) is 4.57 Å². The van der Waals surface area contributed by atoms with E-state index in [0.29, 0.717) is 0 Å². The van der Waals surface area contributed by atoms with Gasteiger partial charge in [-0.1, -0.05) is 0 Å². The molecule has 120 valence electrons. The van der Waals surface area contributed by atoms with E-state index >= 15 is 0 Å². The molecule has 3 rings (SSSR count). The van der Waals surface area contributed by atoms with Crippen molar-refractivity contribution in [2.24, 2.45) is 0 Å². The van der Waals surface area contributed by atoms with Crippen molar-refractivity contribution in [3.8, 4) is 0 Å². The van der Waals surface area contributed by atoms with Gasteiger partial charge in [0.2, 0.25) is 0 Å². The summed E-state index contributed by atoms with van der Waals surface area (Å²) in [5, 5.41) is 29.7. The molecular formula is C12H15N3O7. The fourth-order valence-corrected chi connectivity index (χ4v) is 2.60. The first-order valence-electron chi connectivity index (χ1n) is 6.47. The van der Waals surface area contributed by atoms with E-state index < -0.39 is 42.6 Å². The van der Waals surface area contributed by atoms with E-state index in [4.69, 9.17) is 19.9 Å². The normalized spacial score (nSPS) is 34.6. The Morgan fingerprint density at radius 2 is 2.05 bits per heavy atom. The molecule has 0 unspecified atom stereocenters. The molecule has 0 bridgehead atoms. The Hall–Kier alpha value is -2.14. The molecule has 1 fully saturated rings. The van der Waals surface area contributed by atoms with Gasteiger partial charge in [0, 0.05) is 6.20 Å². The van der Waals surface area contributed by atoms with Crippen LogP contribution in [0.5, 0.6) is 0 Å². The minimum Gasteiger partial charge on any atom is -0.455 e. The number of nitrogens with two attached hydrogens (primary N) is 1. The number of nitrogen functional groups attached to an aromatic ring is 1. The maximum absolute atomic E-state index is 12.1. The number of anilines is 1. The van der Waals surface area contributed by atoms with Gasteiger partial charge in [0.05, 0.1) is 6.61 Å². The second-order valence-corrected chi connectivity index (χ2v) is 4.91. The molecule has 0 aromatic carbocycles. The van der Waals surface area contributed by atoms with Crippen LogP contribution < -0.4 is 11.4 Å². The van der Waals surface area contributed by atoms with Crippen LogP contribution in [0, 0.1) is 0 Å². The molecule has 1 saturated heterocycles. The van der Waals surface area contributed by atoms with Crippen LogP contribution in [0.2, 0.25) is 0 Å². The maximum Gasteiger partial charge on any atom is 0.352 e. The van der Waals surface area contributed by atoms with Gasteiger partial charge in [-0.25, -0.2) is 4.79 Å². The van der Waals surface area contributed by atoms with E-state index in [1.807, 2.05) is 0 Å². The highest BCUT2D eigenvalue weighted by atomic mass is 16.7. The summed E-state index contributed by atoms with van der Waals surface area (Å²) in [5.74, 6) is -0.0190. The number of nitrogens with zero attached hydrogens (tertiary/aromatic N) is 2. The Morgan fingerprint density at radius 1 is 1.36 bits per heavy atom. The van der Waals surface area contributed by atoms with Gasteiger partial charge in [-0.3, -0.25) is 4.57 Å². The van der Waals surface area contributed by atoms with Gasteiger partial charge < -0.3 is 35.3 Å².